The second-order valence-corrected chi connectivity index (χ2v) is 6.46. The topological polar surface area (TPSA) is 72.2 Å². The van der Waals surface area contributed by atoms with Crippen molar-refractivity contribution >= 4 is 21.6 Å². The summed E-state index contributed by atoms with van der Waals surface area (Å²) < 4.78 is 32.1. The van der Waals surface area contributed by atoms with E-state index in [9.17, 15) is 8.42 Å². The van der Waals surface area contributed by atoms with E-state index in [4.69, 9.17) is 16.0 Å². The van der Waals surface area contributed by atoms with Crippen LogP contribution in [0.1, 0.15) is 17.3 Å². The number of halogens is 1. The molecule has 2 rings (SSSR count). The summed E-state index contributed by atoms with van der Waals surface area (Å²) in [6.07, 6.45) is 0.441. The van der Waals surface area contributed by atoms with Gasteiger partial charge in [-0.05, 0) is 19.1 Å². The maximum absolute atomic E-state index is 12.1. The molecule has 1 aromatic heterocycles. The number of hydrogen-bond donors (Lipinski definition) is 1. The number of nitrogens with one attached hydrogen (secondary N) is 1. The van der Waals surface area contributed by atoms with E-state index < -0.39 is 10.0 Å². The fraction of sp³-hybridized carbons (Fsp3) is 0.308. The summed E-state index contributed by atoms with van der Waals surface area (Å²) in [6.45, 7) is 3.81. The Morgan fingerprint density at radius 1 is 1.30 bits per heavy atom. The summed E-state index contributed by atoms with van der Waals surface area (Å²) in [4.78, 5) is 4.21. The first-order valence-electron chi connectivity index (χ1n) is 6.07. The van der Waals surface area contributed by atoms with Gasteiger partial charge in [-0.3, -0.25) is 0 Å². The fourth-order valence-electron chi connectivity index (χ4n) is 1.84. The minimum atomic E-state index is -3.61. The van der Waals surface area contributed by atoms with E-state index in [1.165, 1.54) is 6.07 Å². The van der Waals surface area contributed by atoms with E-state index in [-0.39, 0.29) is 16.5 Å². The van der Waals surface area contributed by atoms with Gasteiger partial charge in [0.25, 0.3) is 0 Å². The fourth-order valence-corrected chi connectivity index (χ4v) is 3.39. The molecule has 20 heavy (non-hydrogen) atoms. The third-order valence-corrected chi connectivity index (χ3v) is 4.73. The molecule has 0 radical (unpaired) electrons. The Hall–Kier alpha value is -1.37. The smallest absolute Gasteiger partial charge is 0.242 e. The number of sulfonamides is 1. The van der Waals surface area contributed by atoms with E-state index in [1.807, 2.05) is 6.92 Å². The lowest BCUT2D eigenvalue weighted by molar-refractivity contribution is 0.472. The van der Waals surface area contributed by atoms with E-state index in [0.717, 1.165) is 5.69 Å². The van der Waals surface area contributed by atoms with Gasteiger partial charge in [-0.15, -0.1) is 0 Å². The van der Waals surface area contributed by atoms with Crippen molar-refractivity contribution in [1.82, 2.24) is 9.71 Å². The number of aromatic nitrogens is 1. The van der Waals surface area contributed by atoms with Crippen LogP contribution in [0.25, 0.3) is 0 Å². The standard InChI is InChI=1S/C13H15ClN2O3S/c1-9-12(19-10(2)16-9)7-8-15-20(17,18)13-6-4-3-5-11(13)14/h3-6,15H,7-8H2,1-2H3. The third kappa shape index (κ3) is 3.39. The second-order valence-electron chi connectivity index (χ2n) is 4.32. The molecule has 0 unspecified atom stereocenters. The van der Waals surface area contributed by atoms with Gasteiger partial charge in [-0.25, -0.2) is 18.1 Å². The van der Waals surface area contributed by atoms with Crippen LogP contribution in [0.3, 0.4) is 0 Å². The van der Waals surface area contributed by atoms with Crippen LogP contribution in [0.4, 0.5) is 0 Å². The van der Waals surface area contributed by atoms with Crippen molar-refractivity contribution < 1.29 is 12.8 Å². The Morgan fingerprint density at radius 2 is 2.00 bits per heavy atom. The highest BCUT2D eigenvalue weighted by atomic mass is 35.5. The number of oxazole rings is 1. The summed E-state index contributed by atoms with van der Waals surface area (Å²) in [5.74, 6) is 1.26. The third-order valence-electron chi connectivity index (χ3n) is 2.77. The van der Waals surface area contributed by atoms with Crippen molar-refractivity contribution in [2.45, 2.75) is 25.2 Å². The van der Waals surface area contributed by atoms with Crippen molar-refractivity contribution in [1.29, 1.82) is 0 Å². The molecule has 1 N–H and O–H groups in total. The average molecular weight is 315 g/mol. The van der Waals surface area contributed by atoms with E-state index in [0.29, 0.717) is 18.1 Å². The summed E-state index contributed by atoms with van der Waals surface area (Å²) in [5, 5.41) is 0.201. The Labute approximate surface area is 123 Å². The van der Waals surface area contributed by atoms with Gasteiger partial charge < -0.3 is 4.42 Å². The molecule has 0 aliphatic carbocycles. The molecular weight excluding hydrogens is 300 g/mol. The highest BCUT2D eigenvalue weighted by Gasteiger charge is 2.17. The Kier molecular flexibility index (Phi) is 4.47. The Balaban J connectivity index is 2.04. The number of aryl methyl sites for hydroxylation is 2. The average Bonchev–Trinajstić information content (AvgIpc) is 2.68. The van der Waals surface area contributed by atoms with Crippen LogP contribution in [0.15, 0.2) is 33.6 Å². The molecule has 108 valence electrons. The second kappa shape index (κ2) is 5.95. The molecule has 7 heteroatoms. The van der Waals surface area contributed by atoms with Crippen molar-refractivity contribution in [2.75, 3.05) is 6.54 Å². The molecule has 0 aliphatic rings. The zero-order valence-corrected chi connectivity index (χ0v) is 12.8. The quantitative estimate of drug-likeness (QED) is 0.920. The van der Waals surface area contributed by atoms with E-state index in [2.05, 4.69) is 9.71 Å². The van der Waals surface area contributed by atoms with Crippen molar-refractivity contribution in [3.05, 3.63) is 46.6 Å². The first-order valence-corrected chi connectivity index (χ1v) is 7.93. The van der Waals surface area contributed by atoms with Gasteiger partial charge in [0.1, 0.15) is 10.7 Å². The molecule has 0 saturated carbocycles. The van der Waals surface area contributed by atoms with Crippen LogP contribution < -0.4 is 4.72 Å². The largest absolute Gasteiger partial charge is 0.446 e. The highest BCUT2D eigenvalue weighted by molar-refractivity contribution is 7.89. The number of hydrogen-bond acceptors (Lipinski definition) is 4. The molecule has 0 amide bonds. The maximum Gasteiger partial charge on any atom is 0.242 e. The van der Waals surface area contributed by atoms with Crippen LogP contribution in [0, 0.1) is 13.8 Å². The van der Waals surface area contributed by atoms with Gasteiger partial charge in [0.05, 0.1) is 10.7 Å². The van der Waals surface area contributed by atoms with Gasteiger partial charge >= 0.3 is 0 Å². The van der Waals surface area contributed by atoms with Crippen molar-refractivity contribution in [3.63, 3.8) is 0 Å². The molecule has 0 spiro atoms. The summed E-state index contributed by atoms with van der Waals surface area (Å²) in [6, 6.07) is 6.32. The normalized spacial score (nSPS) is 11.8. The lowest BCUT2D eigenvalue weighted by Gasteiger charge is -2.07. The van der Waals surface area contributed by atoms with Gasteiger partial charge in [-0.1, -0.05) is 23.7 Å². The zero-order valence-electron chi connectivity index (χ0n) is 11.2. The van der Waals surface area contributed by atoms with Crippen molar-refractivity contribution in [3.8, 4) is 0 Å². The zero-order chi connectivity index (χ0) is 14.8. The van der Waals surface area contributed by atoms with Gasteiger partial charge in [0, 0.05) is 19.9 Å². The first kappa shape index (κ1) is 15.0. The molecule has 5 nitrogen and oxygen atoms in total. The van der Waals surface area contributed by atoms with Crippen LogP contribution in [0.5, 0.6) is 0 Å². The number of rotatable bonds is 5. The molecule has 1 aromatic carbocycles. The molecule has 1 heterocycles. The van der Waals surface area contributed by atoms with Crippen LogP contribution in [-0.2, 0) is 16.4 Å². The molecule has 2 aromatic rings. The predicted octanol–water partition coefficient (Wildman–Crippen LogP) is 2.47. The number of nitrogens with zero attached hydrogens (tertiary/aromatic N) is 1. The highest BCUT2D eigenvalue weighted by Crippen LogP contribution is 2.20. The Morgan fingerprint density at radius 3 is 2.60 bits per heavy atom. The first-order chi connectivity index (χ1) is 9.40. The Bertz CT molecular complexity index is 710. The van der Waals surface area contributed by atoms with Crippen molar-refractivity contribution in [2.24, 2.45) is 0 Å². The van der Waals surface area contributed by atoms with Gasteiger partial charge in [-0.2, -0.15) is 0 Å². The van der Waals surface area contributed by atoms with Gasteiger partial charge in [0.15, 0.2) is 5.89 Å². The SMILES string of the molecule is Cc1nc(C)c(CCNS(=O)(=O)c2ccccc2Cl)o1. The summed E-state index contributed by atoms with van der Waals surface area (Å²) in [7, 11) is -3.61. The molecule has 0 bridgehead atoms. The summed E-state index contributed by atoms with van der Waals surface area (Å²) in [5.41, 5.74) is 0.777. The van der Waals surface area contributed by atoms with Gasteiger partial charge in [0.2, 0.25) is 10.0 Å². The lowest BCUT2D eigenvalue weighted by Crippen LogP contribution is -2.26. The van der Waals surface area contributed by atoms with Crippen LogP contribution in [-0.4, -0.2) is 19.9 Å². The maximum atomic E-state index is 12.1. The molecule has 0 fully saturated rings. The van der Waals surface area contributed by atoms with E-state index in [1.54, 1.807) is 25.1 Å². The van der Waals surface area contributed by atoms with Crippen LogP contribution in [0.2, 0.25) is 5.02 Å². The van der Waals surface area contributed by atoms with Crippen LogP contribution >= 0.6 is 11.6 Å². The summed E-state index contributed by atoms with van der Waals surface area (Å²) >= 11 is 5.89. The predicted molar refractivity (Wildman–Crippen MR) is 76.3 cm³/mol. The molecule has 0 aliphatic heterocycles. The molecular formula is C13H15ClN2O3S. The number of benzene rings is 1. The van der Waals surface area contributed by atoms with E-state index >= 15 is 0 Å². The monoisotopic (exact) mass is 314 g/mol. The minimum Gasteiger partial charge on any atom is -0.446 e. The lowest BCUT2D eigenvalue weighted by atomic mass is 10.3. The molecule has 0 saturated heterocycles. The molecule has 0 atom stereocenters. The minimum absolute atomic E-state index is 0.0761.